The molecule has 0 saturated carbocycles. The van der Waals surface area contributed by atoms with E-state index in [1.165, 1.54) is 0 Å². The number of aromatic nitrogens is 1. The van der Waals surface area contributed by atoms with Gasteiger partial charge in [0.15, 0.2) is 0 Å². The van der Waals surface area contributed by atoms with Crippen molar-refractivity contribution < 1.29 is 9.90 Å². The largest absolute Gasteiger partial charge is 0.395 e. The first-order valence-electron chi connectivity index (χ1n) is 6.50. The van der Waals surface area contributed by atoms with Crippen molar-refractivity contribution in [2.45, 2.75) is 33.1 Å². The van der Waals surface area contributed by atoms with Gasteiger partial charge in [-0.3, -0.25) is 9.78 Å². The number of unbranched alkanes of at least 4 members (excludes halogenated alkanes) is 2. The van der Waals surface area contributed by atoms with E-state index in [2.05, 4.69) is 11.9 Å². The van der Waals surface area contributed by atoms with Gasteiger partial charge in [0, 0.05) is 25.5 Å². The third kappa shape index (κ3) is 4.45. The summed E-state index contributed by atoms with van der Waals surface area (Å²) < 4.78 is 0. The van der Waals surface area contributed by atoms with Crippen molar-refractivity contribution in [2.24, 2.45) is 0 Å². The number of carbonyl (C=O) groups excluding carboxylic acids is 1. The van der Waals surface area contributed by atoms with E-state index in [-0.39, 0.29) is 12.5 Å². The van der Waals surface area contributed by atoms with E-state index in [4.69, 9.17) is 5.11 Å². The van der Waals surface area contributed by atoms with Crippen LogP contribution in [0.25, 0.3) is 0 Å². The fourth-order valence-corrected chi connectivity index (χ4v) is 1.84. The predicted octanol–water partition coefficient (Wildman–Crippen LogP) is 2.01. The lowest BCUT2D eigenvalue weighted by Gasteiger charge is -2.21. The Morgan fingerprint density at radius 1 is 1.33 bits per heavy atom. The Bertz CT molecular complexity index is 380. The highest BCUT2D eigenvalue weighted by Gasteiger charge is 2.15. The van der Waals surface area contributed by atoms with Crippen LogP contribution in [0.3, 0.4) is 0 Å². The van der Waals surface area contributed by atoms with Gasteiger partial charge in [-0.1, -0.05) is 19.8 Å². The lowest BCUT2D eigenvalue weighted by molar-refractivity contribution is 0.0718. The minimum atomic E-state index is -0.0450. The molecule has 0 radical (unpaired) electrons. The number of aliphatic hydroxyl groups is 1. The van der Waals surface area contributed by atoms with Crippen LogP contribution in [0.5, 0.6) is 0 Å². The van der Waals surface area contributed by atoms with Crippen LogP contribution in [0.1, 0.15) is 42.1 Å². The van der Waals surface area contributed by atoms with E-state index in [1.54, 1.807) is 17.3 Å². The molecule has 0 aliphatic heterocycles. The minimum absolute atomic E-state index is 0.00287. The molecule has 1 rings (SSSR count). The number of carbonyl (C=O) groups is 1. The summed E-state index contributed by atoms with van der Waals surface area (Å²) in [5.74, 6) is -0.0450. The van der Waals surface area contributed by atoms with E-state index >= 15 is 0 Å². The zero-order valence-corrected chi connectivity index (χ0v) is 11.2. The molecule has 0 aliphatic rings. The second-order valence-corrected chi connectivity index (χ2v) is 4.47. The molecule has 0 unspecified atom stereocenters. The fraction of sp³-hybridized carbons (Fsp3) is 0.571. The summed E-state index contributed by atoms with van der Waals surface area (Å²) in [6.45, 7) is 5.12. The molecular formula is C14H22N2O2. The molecule has 1 aromatic heterocycles. The summed E-state index contributed by atoms with van der Waals surface area (Å²) in [6, 6.07) is 1.83. The van der Waals surface area contributed by atoms with Crippen molar-refractivity contribution in [3.8, 4) is 0 Å². The summed E-state index contributed by atoms with van der Waals surface area (Å²) in [7, 11) is 0. The van der Waals surface area contributed by atoms with Crippen molar-refractivity contribution in [1.82, 2.24) is 9.88 Å². The van der Waals surface area contributed by atoms with Gasteiger partial charge >= 0.3 is 0 Å². The van der Waals surface area contributed by atoms with Crippen LogP contribution in [0, 0.1) is 6.92 Å². The lowest BCUT2D eigenvalue weighted by atomic mass is 10.2. The van der Waals surface area contributed by atoms with Gasteiger partial charge in [-0.25, -0.2) is 0 Å². The van der Waals surface area contributed by atoms with Crippen LogP contribution in [0.4, 0.5) is 0 Å². The van der Waals surface area contributed by atoms with E-state index in [9.17, 15) is 4.79 Å². The molecule has 1 aromatic rings. The molecule has 4 heteroatoms. The quantitative estimate of drug-likeness (QED) is 0.753. The monoisotopic (exact) mass is 250 g/mol. The maximum Gasteiger partial charge on any atom is 0.255 e. The number of aliphatic hydroxyl groups excluding tert-OH is 1. The number of hydrogen-bond donors (Lipinski definition) is 1. The first kappa shape index (κ1) is 14.6. The maximum absolute atomic E-state index is 12.3. The van der Waals surface area contributed by atoms with E-state index in [1.807, 2.05) is 13.0 Å². The number of hydrogen-bond acceptors (Lipinski definition) is 3. The number of rotatable bonds is 7. The number of pyridine rings is 1. The van der Waals surface area contributed by atoms with Gasteiger partial charge < -0.3 is 10.0 Å². The summed E-state index contributed by atoms with van der Waals surface area (Å²) >= 11 is 0. The average molecular weight is 250 g/mol. The number of aryl methyl sites for hydroxylation is 1. The van der Waals surface area contributed by atoms with Gasteiger partial charge in [-0.05, 0) is 25.0 Å². The Morgan fingerprint density at radius 2 is 2.11 bits per heavy atom. The van der Waals surface area contributed by atoms with Crippen LogP contribution in [-0.2, 0) is 0 Å². The highest BCUT2D eigenvalue weighted by molar-refractivity contribution is 5.94. The van der Waals surface area contributed by atoms with Gasteiger partial charge in [0.25, 0.3) is 5.91 Å². The number of nitrogens with zero attached hydrogens (tertiary/aromatic N) is 2. The molecule has 0 aliphatic carbocycles. The summed E-state index contributed by atoms with van der Waals surface area (Å²) in [4.78, 5) is 18.0. The van der Waals surface area contributed by atoms with Crippen LogP contribution in [-0.4, -0.2) is 40.6 Å². The van der Waals surface area contributed by atoms with Gasteiger partial charge in [-0.2, -0.15) is 0 Å². The first-order valence-corrected chi connectivity index (χ1v) is 6.50. The molecule has 0 spiro atoms. The van der Waals surface area contributed by atoms with Crippen molar-refractivity contribution in [3.05, 3.63) is 29.6 Å². The molecule has 0 fully saturated rings. The van der Waals surface area contributed by atoms with E-state index in [0.717, 1.165) is 24.8 Å². The second kappa shape index (κ2) is 7.82. The molecule has 1 N–H and O–H groups in total. The lowest BCUT2D eigenvalue weighted by Crippen LogP contribution is -2.34. The Balaban J connectivity index is 2.69. The Hall–Kier alpha value is -1.42. The van der Waals surface area contributed by atoms with Crippen LogP contribution in [0.2, 0.25) is 0 Å². The highest BCUT2D eigenvalue weighted by atomic mass is 16.3. The smallest absolute Gasteiger partial charge is 0.255 e. The molecule has 1 amide bonds. The fourth-order valence-electron chi connectivity index (χ4n) is 1.84. The predicted molar refractivity (Wildman–Crippen MR) is 71.5 cm³/mol. The van der Waals surface area contributed by atoms with Crippen LogP contribution >= 0.6 is 0 Å². The summed E-state index contributed by atoms with van der Waals surface area (Å²) in [6.07, 6.45) is 6.50. The van der Waals surface area contributed by atoms with Gasteiger partial charge in [0.05, 0.1) is 12.2 Å². The average Bonchev–Trinajstić information content (AvgIpc) is 2.37. The summed E-state index contributed by atoms with van der Waals surface area (Å²) in [5, 5.41) is 9.03. The number of amides is 1. The maximum atomic E-state index is 12.3. The standard InChI is InChI=1S/C14H22N2O2/c1-3-4-5-6-16(7-8-17)14(18)13-9-12(2)10-15-11-13/h9-11,17H,3-8H2,1-2H3. The zero-order chi connectivity index (χ0) is 13.4. The molecule has 4 nitrogen and oxygen atoms in total. The molecule has 0 saturated heterocycles. The molecule has 18 heavy (non-hydrogen) atoms. The van der Waals surface area contributed by atoms with Gasteiger partial charge in [0.2, 0.25) is 0 Å². The minimum Gasteiger partial charge on any atom is -0.395 e. The first-order chi connectivity index (χ1) is 8.69. The van der Waals surface area contributed by atoms with E-state index < -0.39 is 0 Å². The summed E-state index contributed by atoms with van der Waals surface area (Å²) in [5.41, 5.74) is 1.57. The van der Waals surface area contributed by atoms with Crippen LogP contribution in [0.15, 0.2) is 18.5 Å². The van der Waals surface area contributed by atoms with Crippen LogP contribution < -0.4 is 0 Å². The third-order valence-corrected chi connectivity index (χ3v) is 2.81. The second-order valence-electron chi connectivity index (χ2n) is 4.47. The van der Waals surface area contributed by atoms with Crippen molar-refractivity contribution in [1.29, 1.82) is 0 Å². The topological polar surface area (TPSA) is 53.4 Å². The van der Waals surface area contributed by atoms with Gasteiger partial charge in [0.1, 0.15) is 0 Å². The third-order valence-electron chi connectivity index (χ3n) is 2.81. The molecule has 0 atom stereocenters. The van der Waals surface area contributed by atoms with Crippen molar-refractivity contribution in [2.75, 3.05) is 19.7 Å². The zero-order valence-electron chi connectivity index (χ0n) is 11.2. The Kier molecular flexibility index (Phi) is 6.36. The Morgan fingerprint density at radius 3 is 2.72 bits per heavy atom. The van der Waals surface area contributed by atoms with Crippen molar-refractivity contribution >= 4 is 5.91 Å². The van der Waals surface area contributed by atoms with E-state index in [0.29, 0.717) is 18.7 Å². The highest BCUT2D eigenvalue weighted by Crippen LogP contribution is 2.07. The molecule has 100 valence electrons. The molecule has 1 heterocycles. The molecule has 0 aromatic carbocycles. The molecule has 0 bridgehead atoms. The molecular weight excluding hydrogens is 228 g/mol. The normalized spacial score (nSPS) is 10.4. The van der Waals surface area contributed by atoms with Crippen molar-refractivity contribution in [3.63, 3.8) is 0 Å². The SMILES string of the molecule is CCCCCN(CCO)C(=O)c1cncc(C)c1. The Labute approximate surface area is 109 Å². The van der Waals surface area contributed by atoms with Gasteiger partial charge in [-0.15, -0.1) is 0 Å².